The van der Waals surface area contributed by atoms with Crippen LogP contribution in [0.4, 0.5) is 5.69 Å². The lowest BCUT2D eigenvalue weighted by Gasteiger charge is -2.07. The minimum Gasteiger partial charge on any atom is -0.399 e. The molecule has 19 heavy (non-hydrogen) atoms. The molecule has 0 aliphatic heterocycles. The van der Waals surface area contributed by atoms with Gasteiger partial charge in [0.2, 0.25) is 0 Å². The van der Waals surface area contributed by atoms with Crippen LogP contribution < -0.4 is 11.3 Å². The first kappa shape index (κ1) is 12.0. The molecule has 4 heteroatoms. The molecule has 1 heterocycles. The van der Waals surface area contributed by atoms with E-state index in [1.165, 1.54) is 11.5 Å². The lowest BCUT2D eigenvalue weighted by atomic mass is 10.1. The third-order valence-corrected chi connectivity index (χ3v) is 4.42. The minimum absolute atomic E-state index is 0.0717. The van der Waals surface area contributed by atoms with Crippen LogP contribution in [-0.4, -0.2) is 3.96 Å². The van der Waals surface area contributed by atoms with E-state index >= 15 is 0 Å². The highest BCUT2D eigenvalue weighted by Gasteiger charge is 2.09. The van der Waals surface area contributed by atoms with E-state index in [-0.39, 0.29) is 5.56 Å². The van der Waals surface area contributed by atoms with Gasteiger partial charge in [-0.05, 0) is 36.2 Å². The Morgan fingerprint density at radius 3 is 2.74 bits per heavy atom. The van der Waals surface area contributed by atoms with Crippen molar-refractivity contribution in [3.8, 4) is 0 Å². The molecule has 0 unspecified atom stereocenters. The van der Waals surface area contributed by atoms with Gasteiger partial charge in [0.15, 0.2) is 0 Å². The summed E-state index contributed by atoms with van der Waals surface area (Å²) in [5.74, 6) is 0. The van der Waals surface area contributed by atoms with Gasteiger partial charge >= 0.3 is 0 Å². The summed E-state index contributed by atoms with van der Waals surface area (Å²) in [6, 6.07) is 13.5. The van der Waals surface area contributed by atoms with E-state index in [9.17, 15) is 4.79 Å². The van der Waals surface area contributed by atoms with Gasteiger partial charge in [-0.25, -0.2) is 0 Å². The second kappa shape index (κ2) is 4.55. The van der Waals surface area contributed by atoms with E-state index < -0.39 is 0 Å². The number of anilines is 1. The zero-order valence-corrected chi connectivity index (χ0v) is 11.4. The van der Waals surface area contributed by atoms with Crippen molar-refractivity contribution in [3.05, 3.63) is 63.9 Å². The summed E-state index contributed by atoms with van der Waals surface area (Å²) in [4.78, 5) is 12.3. The SMILES string of the molecule is Cc1c(N)cccc1Cn1sc2ccccc2c1=O. The predicted octanol–water partition coefficient (Wildman–Crippen LogP) is 3.00. The van der Waals surface area contributed by atoms with E-state index in [0.717, 1.165) is 26.9 Å². The first-order chi connectivity index (χ1) is 9.16. The van der Waals surface area contributed by atoms with Gasteiger partial charge in [0, 0.05) is 5.69 Å². The Morgan fingerprint density at radius 1 is 1.16 bits per heavy atom. The van der Waals surface area contributed by atoms with Crippen molar-refractivity contribution in [1.29, 1.82) is 0 Å². The summed E-state index contributed by atoms with van der Waals surface area (Å²) in [6.07, 6.45) is 0. The molecule has 3 nitrogen and oxygen atoms in total. The van der Waals surface area contributed by atoms with Crippen LogP contribution in [0.5, 0.6) is 0 Å². The molecule has 0 aliphatic rings. The van der Waals surface area contributed by atoms with Gasteiger partial charge in [-0.2, -0.15) is 0 Å². The highest BCUT2D eigenvalue weighted by molar-refractivity contribution is 7.13. The van der Waals surface area contributed by atoms with Gasteiger partial charge in [-0.15, -0.1) is 0 Å². The molecular weight excluding hydrogens is 256 g/mol. The van der Waals surface area contributed by atoms with Crippen molar-refractivity contribution in [2.75, 3.05) is 5.73 Å². The molecule has 0 saturated heterocycles. The number of nitrogens with two attached hydrogens (primary N) is 1. The third kappa shape index (κ3) is 2.04. The molecule has 0 atom stereocenters. The van der Waals surface area contributed by atoms with Gasteiger partial charge in [-0.3, -0.25) is 8.75 Å². The monoisotopic (exact) mass is 270 g/mol. The quantitative estimate of drug-likeness (QED) is 0.728. The fraction of sp³-hybridized carbons (Fsp3) is 0.133. The van der Waals surface area contributed by atoms with Gasteiger partial charge in [-0.1, -0.05) is 35.8 Å². The maximum absolute atomic E-state index is 12.3. The lowest BCUT2D eigenvalue weighted by Crippen LogP contribution is -2.14. The number of benzene rings is 2. The molecule has 96 valence electrons. The Kier molecular flexibility index (Phi) is 2.87. The number of rotatable bonds is 2. The zero-order chi connectivity index (χ0) is 13.4. The summed E-state index contributed by atoms with van der Waals surface area (Å²) in [6.45, 7) is 2.57. The van der Waals surface area contributed by atoms with Crippen LogP contribution in [0.1, 0.15) is 11.1 Å². The zero-order valence-electron chi connectivity index (χ0n) is 10.6. The third-order valence-electron chi connectivity index (χ3n) is 3.35. The largest absolute Gasteiger partial charge is 0.399 e. The number of fused-ring (bicyclic) bond motifs is 1. The number of hydrogen-bond acceptors (Lipinski definition) is 3. The maximum atomic E-state index is 12.3. The van der Waals surface area contributed by atoms with Crippen molar-refractivity contribution in [2.45, 2.75) is 13.5 Å². The first-order valence-electron chi connectivity index (χ1n) is 6.09. The highest BCUT2D eigenvalue weighted by atomic mass is 32.1. The van der Waals surface area contributed by atoms with Crippen LogP contribution in [0.2, 0.25) is 0 Å². The number of nitrogen functional groups attached to an aromatic ring is 1. The normalized spacial score (nSPS) is 11.0. The van der Waals surface area contributed by atoms with Crippen LogP contribution in [0.15, 0.2) is 47.3 Å². The van der Waals surface area contributed by atoms with E-state index in [1.807, 2.05) is 49.4 Å². The number of hydrogen-bond donors (Lipinski definition) is 1. The topological polar surface area (TPSA) is 48.0 Å². The summed E-state index contributed by atoms with van der Waals surface area (Å²) in [7, 11) is 0. The average molecular weight is 270 g/mol. The van der Waals surface area contributed by atoms with Gasteiger partial charge in [0.1, 0.15) is 0 Å². The smallest absolute Gasteiger partial charge is 0.268 e. The molecule has 0 radical (unpaired) electrons. The highest BCUT2D eigenvalue weighted by Crippen LogP contribution is 2.20. The molecular formula is C15H14N2OS. The van der Waals surface area contributed by atoms with Crippen molar-refractivity contribution in [1.82, 2.24) is 3.96 Å². The summed E-state index contributed by atoms with van der Waals surface area (Å²) in [5.41, 5.74) is 8.88. The Morgan fingerprint density at radius 2 is 1.95 bits per heavy atom. The fourth-order valence-corrected chi connectivity index (χ4v) is 3.17. The molecule has 2 aromatic carbocycles. The Hall–Kier alpha value is -2.07. The van der Waals surface area contributed by atoms with Crippen molar-refractivity contribution in [2.24, 2.45) is 0 Å². The first-order valence-corrected chi connectivity index (χ1v) is 6.87. The van der Waals surface area contributed by atoms with Crippen LogP contribution in [0, 0.1) is 6.92 Å². The Labute approximate surface area is 115 Å². The van der Waals surface area contributed by atoms with Gasteiger partial charge in [0.25, 0.3) is 5.56 Å². The Balaban J connectivity index is 2.09. The fourth-order valence-electron chi connectivity index (χ4n) is 2.15. The molecule has 3 aromatic rings. The van der Waals surface area contributed by atoms with Crippen LogP contribution in [0.25, 0.3) is 10.1 Å². The van der Waals surface area contributed by atoms with Gasteiger partial charge < -0.3 is 5.73 Å². The number of aromatic nitrogens is 1. The van der Waals surface area contributed by atoms with Crippen LogP contribution in [0.3, 0.4) is 0 Å². The predicted molar refractivity (Wildman–Crippen MR) is 80.8 cm³/mol. The second-order valence-electron chi connectivity index (χ2n) is 4.56. The van der Waals surface area contributed by atoms with Crippen LogP contribution in [-0.2, 0) is 6.54 Å². The molecule has 0 saturated carbocycles. The molecule has 2 N–H and O–H groups in total. The number of nitrogens with zero attached hydrogens (tertiary/aromatic N) is 1. The van der Waals surface area contributed by atoms with Crippen molar-refractivity contribution < 1.29 is 0 Å². The van der Waals surface area contributed by atoms with Gasteiger partial charge in [0.05, 0.1) is 16.6 Å². The average Bonchev–Trinajstić information content (AvgIpc) is 2.73. The van der Waals surface area contributed by atoms with E-state index in [1.54, 1.807) is 3.96 Å². The Bertz CT molecular complexity index is 801. The molecule has 0 spiro atoms. The lowest BCUT2D eigenvalue weighted by molar-refractivity contribution is 0.848. The van der Waals surface area contributed by atoms with E-state index in [0.29, 0.717) is 6.54 Å². The molecule has 0 fully saturated rings. The molecule has 0 aliphatic carbocycles. The molecule has 3 rings (SSSR count). The second-order valence-corrected chi connectivity index (χ2v) is 5.62. The van der Waals surface area contributed by atoms with Crippen molar-refractivity contribution >= 4 is 27.3 Å². The summed E-state index contributed by atoms with van der Waals surface area (Å²) in [5, 5.41) is 0.786. The standard InChI is InChI=1S/C15H14N2OS/c1-10-11(5-4-7-13(10)16)9-17-15(18)12-6-2-3-8-14(12)19-17/h2-8H,9,16H2,1H3. The van der Waals surface area contributed by atoms with E-state index in [4.69, 9.17) is 5.73 Å². The summed E-state index contributed by atoms with van der Waals surface area (Å²) >= 11 is 1.50. The molecule has 0 amide bonds. The summed E-state index contributed by atoms with van der Waals surface area (Å²) < 4.78 is 2.81. The molecule has 1 aromatic heterocycles. The maximum Gasteiger partial charge on any atom is 0.268 e. The van der Waals surface area contributed by atoms with E-state index in [2.05, 4.69) is 0 Å². The molecule has 0 bridgehead atoms. The minimum atomic E-state index is 0.0717. The van der Waals surface area contributed by atoms with Crippen molar-refractivity contribution in [3.63, 3.8) is 0 Å². The van der Waals surface area contributed by atoms with Crippen LogP contribution >= 0.6 is 11.5 Å².